The Morgan fingerprint density at radius 2 is 2.10 bits per heavy atom. The second-order valence-electron chi connectivity index (χ2n) is 4.17. The number of benzene rings is 1. The van der Waals surface area contributed by atoms with E-state index in [4.69, 9.17) is 5.73 Å². The minimum atomic E-state index is -4.16. The van der Waals surface area contributed by atoms with Gasteiger partial charge in [-0.15, -0.1) is 0 Å². The number of nitrogens with zero attached hydrogens (tertiary/aromatic N) is 1. The van der Waals surface area contributed by atoms with Crippen LogP contribution < -0.4 is 11.1 Å². The topological polar surface area (TPSA) is 92.5 Å². The summed E-state index contributed by atoms with van der Waals surface area (Å²) in [5, 5.41) is 2.34. The molecule has 1 aromatic rings. The summed E-state index contributed by atoms with van der Waals surface area (Å²) in [5.41, 5.74) is 5.38. The van der Waals surface area contributed by atoms with Crippen LogP contribution in [0.25, 0.3) is 0 Å². The van der Waals surface area contributed by atoms with E-state index in [1.165, 1.54) is 19.2 Å². The molecule has 0 unspecified atom stereocenters. The Morgan fingerprint density at radius 3 is 2.60 bits per heavy atom. The maximum atomic E-state index is 13.8. The zero-order valence-corrected chi connectivity index (χ0v) is 12.2. The third-order valence-corrected chi connectivity index (χ3v) is 4.61. The van der Waals surface area contributed by atoms with E-state index in [0.29, 0.717) is 6.42 Å². The van der Waals surface area contributed by atoms with Crippen molar-refractivity contribution in [2.45, 2.75) is 18.2 Å². The quantitative estimate of drug-likeness (QED) is 0.751. The first-order chi connectivity index (χ1) is 9.34. The van der Waals surface area contributed by atoms with Crippen molar-refractivity contribution in [3.05, 3.63) is 24.0 Å². The van der Waals surface area contributed by atoms with E-state index >= 15 is 0 Å². The number of sulfonamides is 1. The van der Waals surface area contributed by atoms with Crippen molar-refractivity contribution in [1.29, 1.82) is 0 Å². The van der Waals surface area contributed by atoms with Crippen molar-refractivity contribution in [3.8, 4) is 0 Å². The standard InChI is InChI=1S/C12H18FN3O3S/c1-3-7-16(8-11(17)15-2)20(18,19)12-9(13)5-4-6-10(12)14/h4-6H,3,7-8,14H2,1-2H3,(H,15,17). The van der Waals surface area contributed by atoms with Gasteiger partial charge in [-0.1, -0.05) is 13.0 Å². The summed E-state index contributed by atoms with van der Waals surface area (Å²) in [7, 11) is -2.76. The van der Waals surface area contributed by atoms with Gasteiger partial charge in [-0.3, -0.25) is 4.79 Å². The SMILES string of the molecule is CCCN(CC(=O)NC)S(=O)(=O)c1c(N)cccc1F. The van der Waals surface area contributed by atoms with E-state index in [1.807, 2.05) is 0 Å². The molecule has 0 fully saturated rings. The third-order valence-electron chi connectivity index (χ3n) is 2.67. The van der Waals surface area contributed by atoms with Crippen LogP contribution >= 0.6 is 0 Å². The summed E-state index contributed by atoms with van der Waals surface area (Å²) in [4.78, 5) is 10.8. The van der Waals surface area contributed by atoms with Crippen molar-refractivity contribution < 1.29 is 17.6 Å². The molecule has 6 nitrogen and oxygen atoms in total. The van der Waals surface area contributed by atoms with Gasteiger partial charge >= 0.3 is 0 Å². The van der Waals surface area contributed by atoms with Gasteiger partial charge in [0.25, 0.3) is 0 Å². The van der Waals surface area contributed by atoms with Crippen LogP contribution in [0.5, 0.6) is 0 Å². The molecule has 0 aliphatic carbocycles. The first-order valence-corrected chi connectivity index (χ1v) is 7.53. The molecule has 0 aliphatic rings. The van der Waals surface area contributed by atoms with Gasteiger partial charge in [0, 0.05) is 13.6 Å². The van der Waals surface area contributed by atoms with Gasteiger partial charge in [-0.05, 0) is 18.6 Å². The molecular formula is C12H18FN3O3S. The fraction of sp³-hybridized carbons (Fsp3) is 0.417. The Hall–Kier alpha value is -1.67. The van der Waals surface area contributed by atoms with Gasteiger partial charge in [0.15, 0.2) is 0 Å². The highest BCUT2D eigenvalue weighted by Crippen LogP contribution is 2.25. The highest BCUT2D eigenvalue weighted by molar-refractivity contribution is 7.89. The van der Waals surface area contributed by atoms with Gasteiger partial charge in [0.1, 0.15) is 10.7 Å². The number of hydrogen-bond donors (Lipinski definition) is 2. The zero-order valence-electron chi connectivity index (χ0n) is 11.4. The number of hydrogen-bond acceptors (Lipinski definition) is 4. The Balaban J connectivity index is 3.26. The molecule has 3 N–H and O–H groups in total. The van der Waals surface area contributed by atoms with Gasteiger partial charge in [-0.25, -0.2) is 12.8 Å². The maximum Gasteiger partial charge on any atom is 0.248 e. The highest BCUT2D eigenvalue weighted by atomic mass is 32.2. The monoisotopic (exact) mass is 303 g/mol. The van der Waals surface area contributed by atoms with Gasteiger partial charge in [-0.2, -0.15) is 4.31 Å². The molecule has 0 atom stereocenters. The lowest BCUT2D eigenvalue weighted by molar-refractivity contribution is -0.120. The van der Waals surface area contributed by atoms with E-state index < -0.39 is 26.6 Å². The number of halogens is 1. The van der Waals surface area contributed by atoms with E-state index in [0.717, 1.165) is 10.4 Å². The molecule has 0 saturated heterocycles. The molecule has 0 aliphatic heterocycles. The van der Waals surface area contributed by atoms with Crippen molar-refractivity contribution >= 4 is 21.6 Å². The Morgan fingerprint density at radius 1 is 1.45 bits per heavy atom. The first kappa shape index (κ1) is 16.4. The molecule has 8 heteroatoms. The van der Waals surface area contributed by atoms with E-state index in [-0.39, 0.29) is 18.8 Å². The first-order valence-electron chi connectivity index (χ1n) is 6.09. The summed E-state index contributed by atoms with van der Waals surface area (Å²) in [6.07, 6.45) is 0.491. The van der Waals surface area contributed by atoms with Crippen molar-refractivity contribution in [3.63, 3.8) is 0 Å². The predicted molar refractivity (Wildman–Crippen MR) is 73.9 cm³/mol. The molecule has 1 rings (SSSR count). The number of likely N-dealkylation sites (N-methyl/N-ethyl adjacent to an activating group) is 1. The largest absolute Gasteiger partial charge is 0.398 e. The fourth-order valence-electron chi connectivity index (χ4n) is 1.70. The lowest BCUT2D eigenvalue weighted by Gasteiger charge is -2.21. The molecule has 1 aromatic carbocycles. The second kappa shape index (κ2) is 6.67. The molecule has 0 spiro atoms. The number of carbonyl (C=O) groups is 1. The molecule has 112 valence electrons. The maximum absolute atomic E-state index is 13.8. The molecule has 0 aromatic heterocycles. The third kappa shape index (κ3) is 3.45. The highest BCUT2D eigenvalue weighted by Gasteiger charge is 2.30. The fourth-order valence-corrected chi connectivity index (χ4v) is 3.35. The van der Waals surface area contributed by atoms with Crippen molar-refractivity contribution in [2.75, 3.05) is 25.9 Å². The van der Waals surface area contributed by atoms with Crippen LogP contribution in [0, 0.1) is 5.82 Å². The minimum absolute atomic E-state index is 0.101. The van der Waals surface area contributed by atoms with Crippen LogP contribution in [0.4, 0.5) is 10.1 Å². The van der Waals surface area contributed by atoms with Gasteiger partial charge in [0.05, 0.1) is 12.2 Å². The van der Waals surface area contributed by atoms with Crippen LogP contribution in [-0.2, 0) is 14.8 Å². The number of nitrogen functional groups attached to an aromatic ring is 1. The van der Waals surface area contributed by atoms with E-state index in [2.05, 4.69) is 5.32 Å². The lowest BCUT2D eigenvalue weighted by Crippen LogP contribution is -2.40. The smallest absolute Gasteiger partial charge is 0.248 e. The van der Waals surface area contributed by atoms with E-state index in [9.17, 15) is 17.6 Å². The predicted octanol–water partition coefficient (Wildman–Crippen LogP) is 0.555. The molecule has 1 amide bonds. The van der Waals surface area contributed by atoms with Crippen LogP contribution in [0.2, 0.25) is 0 Å². The Labute approximate surface area is 117 Å². The lowest BCUT2D eigenvalue weighted by atomic mass is 10.3. The molecule has 0 saturated carbocycles. The van der Waals surface area contributed by atoms with Crippen LogP contribution in [0.15, 0.2) is 23.1 Å². The zero-order chi connectivity index (χ0) is 15.3. The van der Waals surface area contributed by atoms with Crippen LogP contribution in [0.1, 0.15) is 13.3 Å². The Kier molecular flexibility index (Phi) is 5.46. The molecule has 0 heterocycles. The average molecular weight is 303 g/mol. The summed E-state index contributed by atoms with van der Waals surface area (Å²) in [5.74, 6) is -1.40. The number of carbonyl (C=O) groups excluding carboxylic acids is 1. The number of amides is 1. The number of nitrogens with one attached hydrogen (secondary N) is 1. The number of anilines is 1. The van der Waals surface area contributed by atoms with Gasteiger partial charge < -0.3 is 11.1 Å². The molecule has 20 heavy (non-hydrogen) atoms. The Bertz CT molecular complexity index is 569. The minimum Gasteiger partial charge on any atom is -0.398 e. The number of rotatable bonds is 6. The summed E-state index contributed by atoms with van der Waals surface area (Å²) in [6.45, 7) is 1.49. The van der Waals surface area contributed by atoms with Crippen LogP contribution in [0.3, 0.4) is 0 Å². The summed E-state index contributed by atoms with van der Waals surface area (Å²) in [6, 6.07) is 3.65. The average Bonchev–Trinajstić information content (AvgIpc) is 2.37. The molecule has 0 bridgehead atoms. The van der Waals surface area contributed by atoms with E-state index in [1.54, 1.807) is 6.92 Å². The van der Waals surface area contributed by atoms with Crippen molar-refractivity contribution in [1.82, 2.24) is 9.62 Å². The summed E-state index contributed by atoms with van der Waals surface area (Å²) >= 11 is 0. The van der Waals surface area contributed by atoms with Gasteiger partial charge in [0.2, 0.25) is 15.9 Å². The second-order valence-corrected chi connectivity index (χ2v) is 6.04. The molecule has 0 radical (unpaired) electrons. The normalized spacial score (nSPS) is 11.6. The number of nitrogens with two attached hydrogens (primary N) is 1. The molecular weight excluding hydrogens is 285 g/mol. The summed E-state index contributed by atoms with van der Waals surface area (Å²) < 4.78 is 39.6. The van der Waals surface area contributed by atoms with Crippen molar-refractivity contribution in [2.24, 2.45) is 0 Å². The van der Waals surface area contributed by atoms with Crippen LogP contribution in [-0.4, -0.2) is 38.8 Å².